The van der Waals surface area contributed by atoms with Gasteiger partial charge in [-0.1, -0.05) is 0 Å². The molecule has 0 aliphatic heterocycles. The average molecular weight is 405 g/mol. The Bertz CT molecular complexity index is 1420. The lowest BCUT2D eigenvalue weighted by atomic mass is 10.0. The molecule has 0 spiro atoms. The van der Waals surface area contributed by atoms with Crippen molar-refractivity contribution in [1.29, 1.82) is 0 Å². The van der Waals surface area contributed by atoms with Gasteiger partial charge in [0.15, 0.2) is 0 Å². The van der Waals surface area contributed by atoms with E-state index in [1.54, 1.807) is 19.3 Å². The number of rotatable bonds is 3. The normalized spacial score (nSPS) is 11.4. The fourth-order valence-electron chi connectivity index (χ4n) is 3.68. The average Bonchev–Trinajstić information content (AvgIpc) is 3.43. The van der Waals surface area contributed by atoms with Crippen LogP contribution in [-0.4, -0.2) is 37.1 Å². The van der Waals surface area contributed by atoms with Crippen molar-refractivity contribution in [3.63, 3.8) is 0 Å². The third-order valence-electron chi connectivity index (χ3n) is 4.96. The summed E-state index contributed by atoms with van der Waals surface area (Å²) in [5, 5.41) is 9.54. The highest BCUT2D eigenvalue weighted by Gasteiger charge is 2.24. The van der Waals surface area contributed by atoms with Gasteiger partial charge in [-0.05, 0) is 47.6 Å². The van der Waals surface area contributed by atoms with Crippen LogP contribution in [0.1, 0.15) is 6.92 Å². The molecule has 0 saturated carbocycles. The topological polar surface area (TPSA) is 88.0 Å². The molecule has 0 fully saturated rings. The van der Waals surface area contributed by atoms with Gasteiger partial charge in [0.25, 0.3) is 0 Å². The van der Waals surface area contributed by atoms with E-state index < -0.39 is 11.9 Å². The number of benzene rings is 1. The second kappa shape index (κ2) is 6.80. The summed E-state index contributed by atoms with van der Waals surface area (Å²) in [5.74, 6) is -0.433. The smallest absolute Gasteiger partial charge is 0.418 e. The maximum absolute atomic E-state index is 14.1. The Kier molecular flexibility index (Phi) is 4.09. The molecule has 9 heteroatoms. The van der Waals surface area contributed by atoms with Gasteiger partial charge < -0.3 is 9.30 Å². The zero-order valence-corrected chi connectivity index (χ0v) is 16.2. The quantitative estimate of drug-likeness (QED) is 0.442. The number of halogens is 1. The van der Waals surface area contributed by atoms with Gasteiger partial charge in [0.05, 0.1) is 12.1 Å². The summed E-state index contributed by atoms with van der Waals surface area (Å²) < 4.78 is 27.5. The van der Waals surface area contributed by atoms with Crippen LogP contribution in [0.2, 0.25) is 0 Å². The SMILES string of the molecule is CCOC(=O)n1cc(-c2nonc2-c2cn(C)c3ncccc23)c2cc(F)ccc21. The lowest BCUT2D eigenvalue weighted by Gasteiger charge is -2.03. The van der Waals surface area contributed by atoms with Gasteiger partial charge in [-0.15, -0.1) is 0 Å². The number of nitrogens with zero attached hydrogens (tertiary/aromatic N) is 5. The molecule has 0 bridgehead atoms. The number of aromatic nitrogens is 5. The zero-order chi connectivity index (χ0) is 20.8. The number of hydrogen-bond acceptors (Lipinski definition) is 6. The molecule has 0 aliphatic rings. The van der Waals surface area contributed by atoms with E-state index in [0.29, 0.717) is 27.9 Å². The highest BCUT2D eigenvalue weighted by Crippen LogP contribution is 2.38. The molecule has 0 radical (unpaired) electrons. The molecule has 5 aromatic rings. The molecule has 0 saturated heterocycles. The Hall–Kier alpha value is -4.01. The first-order valence-corrected chi connectivity index (χ1v) is 9.29. The monoisotopic (exact) mass is 405 g/mol. The molecule has 0 unspecified atom stereocenters. The minimum Gasteiger partial charge on any atom is -0.449 e. The van der Waals surface area contributed by atoms with E-state index in [9.17, 15) is 9.18 Å². The Balaban J connectivity index is 1.76. The van der Waals surface area contributed by atoms with Gasteiger partial charge in [-0.3, -0.25) is 4.57 Å². The number of carbonyl (C=O) groups excluding carboxylic acids is 1. The minimum absolute atomic E-state index is 0.217. The second-order valence-corrected chi connectivity index (χ2v) is 6.76. The van der Waals surface area contributed by atoms with Crippen molar-refractivity contribution in [2.45, 2.75) is 6.92 Å². The van der Waals surface area contributed by atoms with Gasteiger partial charge >= 0.3 is 6.09 Å². The molecule has 0 amide bonds. The van der Waals surface area contributed by atoms with E-state index in [1.807, 2.05) is 29.9 Å². The van der Waals surface area contributed by atoms with Gasteiger partial charge in [0, 0.05) is 47.5 Å². The summed E-state index contributed by atoms with van der Waals surface area (Å²) >= 11 is 0. The van der Waals surface area contributed by atoms with E-state index in [0.717, 1.165) is 16.6 Å². The highest BCUT2D eigenvalue weighted by molar-refractivity contribution is 6.04. The molecule has 30 heavy (non-hydrogen) atoms. The van der Waals surface area contributed by atoms with E-state index >= 15 is 0 Å². The summed E-state index contributed by atoms with van der Waals surface area (Å²) in [7, 11) is 1.88. The van der Waals surface area contributed by atoms with Crippen molar-refractivity contribution in [2.75, 3.05) is 6.61 Å². The lowest BCUT2D eigenvalue weighted by Crippen LogP contribution is -2.12. The number of aryl methyl sites for hydroxylation is 1. The van der Waals surface area contributed by atoms with Crippen molar-refractivity contribution in [3.05, 3.63) is 54.7 Å². The van der Waals surface area contributed by atoms with Crippen LogP contribution in [-0.2, 0) is 11.8 Å². The Morgan fingerprint density at radius 3 is 2.67 bits per heavy atom. The van der Waals surface area contributed by atoms with Crippen molar-refractivity contribution < 1.29 is 18.6 Å². The summed E-state index contributed by atoms with van der Waals surface area (Å²) in [6.07, 6.45) is 4.59. The molecule has 4 heterocycles. The maximum atomic E-state index is 14.1. The van der Waals surface area contributed by atoms with E-state index in [4.69, 9.17) is 9.37 Å². The first kappa shape index (κ1) is 18.0. The second-order valence-electron chi connectivity index (χ2n) is 6.76. The lowest BCUT2D eigenvalue weighted by molar-refractivity contribution is 0.155. The largest absolute Gasteiger partial charge is 0.449 e. The summed E-state index contributed by atoms with van der Waals surface area (Å²) in [4.78, 5) is 16.8. The van der Waals surface area contributed by atoms with Gasteiger partial charge in [-0.2, -0.15) is 0 Å². The molecule has 5 rings (SSSR count). The number of fused-ring (bicyclic) bond motifs is 2. The van der Waals surface area contributed by atoms with Crippen molar-refractivity contribution in [2.24, 2.45) is 7.05 Å². The minimum atomic E-state index is -0.562. The van der Waals surface area contributed by atoms with Crippen LogP contribution >= 0.6 is 0 Å². The molecule has 0 N–H and O–H groups in total. The van der Waals surface area contributed by atoms with E-state index in [-0.39, 0.29) is 6.61 Å². The summed E-state index contributed by atoms with van der Waals surface area (Å²) in [5.41, 5.74) is 3.42. The Morgan fingerprint density at radius 2 is 1.90 bits per heavy atom. The van der Waals surface area contributed by atoms with E-state index in [1.165, 1.54) is 22.8 Å². The predicted molar refractivity (Wildman–Crippen MR) is 107 cm³/mol. The standard InChI is InChI=1S/C21H16FN5O3/c1-3-29-21(28)27-11-16(14-9-12(22)6-7-17(14)27)19-18(24-30-25-19)15-10-26(2)20-13(15)5-4-8-23-20/h4-11H,3H2,1-2H3. The predicted octanol–water partition coefficient (Wildman–Crippen LogP) is 4.39. The molecule has 150 valence electrons. The molecule has 0 atom stereocenters. The van der Waals surface area contributed by atoms with Crippen LogP contribution in [0.5, 0.6) is 0 Å². The molecule has 4 aromatic heterocycles. The highest BCUT2D eigenvalue weighted by atomic mass is 19.1. The van der Waals surface area contributed by atoms with Gasteiger partial charge in [-0.25, -0.2) is 18.8 Å². The Labute approximate surface area is 169 Å². The number of ether oxygens (including phenoxy) is 1. The van der Waals surface area contributed by atoms with Crippen molar-refractivity contribution in [3.8, 4) is 22.5 Å². The van der Waals surface area contributed by atoms with Gasteiger partial charge in [0.2, 0.25) is 0 Å². The van der Waals surface area contributed by atoms with Crippen LogP contribution in [0, 0.1) is 5.82 Å². The van der Waals surface area contributed by atoms with Crippen molar-refractivity contribution >= 4 is 28.0 Å². The van der Waals surface area contributed by atoms with Crippen LogP contribution in [0.25, 0.3) is 44.5 Å². The molecule has 0 aliphatic carbocycles. The third-order valence-corrected chi connectivity index (χ3v) is 4.96. The number of carbonyl (C=O) groups is 1. The molecular weight excluding hydrogens is 389 g/mol. The zero-order valence-electron chi connectivity index (χ0n) is 16.2. The fraction of sp³-hybridized carbons (Fsp3) is 0.143. The third kappa shape index (κ3) is 2.66. The van der Waals surface area contributed by atoms with Crippen LogP contribution in [0.15, 0.2) is 53.6 Å². The Morgan fingerprint density at radius 1 is 1.13 bits per heavy atom. The summed E-state index contributed by atoms with van der Waals surface area (Å²) in [6, 6.07) is 7.93. The first-order valence-electron chi connectivity index (χ1n) is 9.29. The van der Waals surface area contributed by atoms with E-state index in [2.05, 4.69) is 15.3 Å². The van der Waals surface area contributed by atoms with Crippen LogP contribution < -0.4 is 0 Å². The molecule has 1 aromatic carbocycles. The number of pyridine rings is 1. The van der Waals surface area contributed by atoms with Crippen LogP contribution in [0.3, 0.4) is 0 Å². The maximum Gasteiger partial charge on any atom is 0.418 e. The molecular formula is C21H16FN5O3. The number of hydrogen-bond donors (Lipinski definition) is 0. The van der Waals surface area contributed by atoms with Gasteiger partial charge in [0.1, 0.15) is 22.9 Å². The molecule has 8 nitrogen and oxygen atoms in total. The van der Waals surface area contributed by atoms with Crippen LogP contribution in [0.4, 0.5) is 9.18 Å². The summed E-state index contributed by atoms with van der Waals surface area (Å²) in [6.45, 7) is 1.94. The fourth-order valence-corrected chi connectivity index (χ4v) is 3.68. The van der Waals surface area contributed by atoms with Crippen molar-refractivity contribution in [1.82, 2.24) is 24.4 Å². The first-order chi connectivity index (χ1) is 14.6.